The van der Waals surface area contributed by atoms with Crippen LogP contribution in [0.2, 0.25) is 0 Å². The van der Waals surface area contributed by atoms with Gasteiger partial charge in [-0.05, 0) is 26.9 Å². The fourth-order valence-corrected chi connectivity index (χ4v) is 1.69. The minimum Gasteiger partial charge on any atom is -0.356 e. The number of hydrogen-bond acceptors (Lipinski definition) is 3. The molecule has 0 aromatic heterocycles. The van der Waals surface area contributed by atoms with Crippen LogP contribution >= 0.6 is 0 Å². The molecule has 0 aliphatic carbocycles. The molecule has 0 aliphatic rings. The van der Waals surface area contributed by atoms with E-state index in [4.69, 9.17) is 0 Å². The Labute approximate surface area is 114 Å². The quantitative estimate of drug-likeness (QED) is 0.553. The maximum Gasteiger partial charge on any atom is 0.220 e. The van der Waals surface area contributed by atoms with Crippen LogP contribution in [0.4, 0.5) is 0 Å². The van der Waals surface area contributed by atoms with E-state index in [0.29, 0.717) is 12.1 Å². The highest BCUT2D eigenvalue weighted by atomic mass is 16.2. The molecule has 0 bridgehead atoms. The van der Waals surface area contributed by atoms with Crippen LogP contribution in [-0.2, 0) is 4.79 Å². The average Bonchev–Trinajstić information content (AvgIpc) is 2.42. The molecule has 1 amide bonds. The molecule has 0 atom stereocenters. The Balaban J connectivity index is 2.26. The van der Waals surface area contributed by atoms with E-state index in [1.165, 1.54) is 0 Å². The fraction of sp³-hybridized carbons (Fsp3) is 0.467. The molecule has 1 rings (SSSR count). The van der Waals surface area contributed by atoms with E-state index >= 15 is 0 Å². The van der Waals surface area contributed by atoms with Gasteiger partial charge >= 0.3 is 0 Å². The van der Waals surface area contributed by atoms with Gasteiger partial charge in [-0.1, -0.05) is 29.8 Å². The van der Waals surface area contributed by atoms with E-state index in [9.17, 15) is 9.59 Å². The summed E-state index contributed by atoms with van der Waals surface area (Å²) in [5.74, 6) is -0.0399. The maximum absolute atomic E-state index is 11.8. The Morgan fingerprint density at radius 3 is 2.37 bits per heavy atom. The van der Waals surface area contributed by atoms with Crippen LogP contribution in [0.5, 0.6) is 0 Å². The van der Waals surface area contributed by atoms with Crippen molar-refractivity contribution in [2.24, 2.45) is 0 Å². The normalized spacial score (nSPS) is 10.2. The van der Waals surface area contributed by atoms with Crippen LogP contribution < -0.4 is 10.6 Å². The van der Waals surface area contributed by atoms with Crippen molar-refractivity contribution in [3.8, 4) is 0 Å². The summed E-state index contributed by atoms with van der Waals surface area (Å²) >= 11 is 0. The van der Waals surface area contributed by atoms with Gasteiger partial charge in [0.15, 0.2) is 5.78 Å². The van der Waals surface area contributed by atoms with E-state index < -0.39 is 0 Å². The van der Waals surface area contributed by atoms with Gasteiger partial charge in [0, 0.05) is 24.9 Å². The summed E-state index contributed by atoms with van der Waals surface area (Å²) in [6.45, 7) is 3.51. The van der Waals surface area contributed by atoms with E-state index in [1.807, 2.05) is 38.2 Å². The van der Waals surface area contributed by atoms with Crippen molar-refractivity contribution in [2.75, 3.05) is 20.1 Å². The van der Waals surface area contributed by atoms with Crippen LogP contribution in [0.25, 0.3) is 0 Å². The lowest BCUT2D eigenvalue weighted by Gasteiger charge is -2.05. The van der Waals surface area contributed by atoms with Gasteiger partial charge in [-0.25, -0.2) is 0 Å². The Morgan fingerprint density at radius 1 is 1.05 bits per heavy atom. The molecule has 4 nitrogen and oxygen atoms in total. The Bertz CT molecular complexity index is 413. The molecule has 0 radical (unpaired) electrons. The molecule has 0 unspecified atom stereocenters. The van der Waals surface area contributed by atoms with Crippen molar-refractivity contribution in [1.29, 1.82) is 0 Å². The third-order valence-electron chi connectivity index (χ3n) is 2.88. The fourth-order valence-electron chi connectivity index (χ4n) is 1.69. The van der Waals surface area contributed by atoms with Crippen LogP contribution in [0.3, 0.4) is 0 Å². The van der Waals surface area contributed by atoms with Crippen LogP contribution in [-0.4, -0.2) is 31.8 Å². The first-order valence-corrected chi connectivity index (χ1v) is 6.64. The van der Waals surface area contributed by atoms with E-state index in [-0.39, 0.29) is 24.5 Å². The minimum absolute atomic E-state index is 0.0189. The molecule has 104 valence electrons. The van der Waals surface area contributed by atoms with Gasteiger partial charge in [-0.15, -0.1) is 0 Å². The van der Waals surface area contributed by atoms with E-state index in [0.717, 1.165) is 18.5 Å². The maximum atomic E-state index is 11.8. The van der Waals surface area contributed by atoms with E-state index in [2.05, 4.69) is 10.6 Å². The van der Waals surface area contributed by atoms with Gasteiger partial charge in [-0.3, -0.25) is 9.59 Å². The molecule has 0 fully saturated rings. The molecule has 0 saturated carbocycles. The van der Waals surface area contributed by atoms with Gasteiger partial charge in [0.05, 0.1) is 0 Å². The second-order valence-corrected chi connectivity index (χ2v) is 4.60. The van der Waals surface area contributed by atoms with Gasteiger partial charge < -0.3 is 10.6 Å². The smallest absolute Gasteiger partial charge is 0.220 e. The number of carbonyl (C=O) groups excluding carboxylic acids is 2. The molecule has 2 N–H and O–H groups in total. The first-order valence-electron chi connectivity index (χ1n) is 6.64. The van der Waals surface area contributed by atoms with Gasteiger partial charge in [0.2, 0.25) is 5.91 Å². The third kappa shape index (κ3) is 6.15. The topological polar surface area (TPSA) is 58.2 Å². The zero-order valence-electron chi connectivity index (χ0n) is 11.7. The number of benzene rings is 1. The van der Waals surface area contributed by atoms with Crippen molar-refractivity contribution < 1.29 is 9.59 Å². The molecule has 1 aromatic rings. The van der Waals surface area contributed by atoms with Gasteiger partial charge in [-0.2, -0.15) is 0 Å². The van der Waals surface area contributed by atoms with Crippen LogP contribution in [0.15, 0.2) is 24.3 Å². The number of carbonyl (C=O) groups is 2. The molecule has 0 heterocycles. The largest absolute Gasteiger partial charge is 0.356 e. The van der Waals surface area contributed by atoms with E-state index in [1.54, 1.807) is 0 Å². The summed E-state index contributed by atoms with van der Waals surface area (Å²) < 4.78 is 0. The lowest BCUT2D eigenvalue weighted by molar-refractivity contribution is -0.121. The molecular formula is C15H22N2O2. The zero-order chi connectivity index (χ0) is 14.1. The first kappa shape index (κ1) is 15.4. The Hall–Kier alpha value is -1.68. The van der Waals surface area contributed by atoms with Crippen molar-refractivity contribution in [1.82, 2.24) is 10.6 Å². The minimum atomic E-state index is -0.0587. The molecule has 4 heteroatoms. The summed E-state index contributed by atoms with van der Waals surface area (Å²) in [6, 6.07) is 7.43. The highest BCUT2D eigenvalue weighted by Gasteiger charge is 2.08. The van der Waals surface area contributed by atoms with Crippen molar-refractivity contribution in [3.63, 3.8) is 0 Å². The second kappa shape index (κ2) is 8.43. The number of aryl methyl sites for hydroxylation is 1. The molecular weight excluding hydrogens is 240 g/mol. The lowest BCUT2D eigenvalue weighted by atomic mass is 10.1. The number of amides is 1. The highest BCUT2D eigenvalue weighted by molar-refractivity contribution is 5.97. The average molecular weight is 262 g/mol. The number of Topliss-reactive ketones (excluding diaryl/α,β-unsaturated/α-hetero) is 1. The van der Waals surface area contributed by atoms with Gasteiger partial charge in [0.1, 0.15) is 0 Å². The third-order valence-corrected chi connectivity index (χ3v) is 2.88. The Morgan fingerprint density at radius 2 is 1.74 bits per heavy atom. The van der Waals surface area contributed by atoms with Crippen molar-refractivity contribution >= 4 is 11.7 Å². The number of ketones is 1. The number of nitrogens with one attached hydrogen (secondary N) is 2. The Kier molecular flexibility index (Phi) is 6.82. The summed E-state index contributed by atoms with van der Waals surface area (Å²) in [4.78, 5) is 23.4. The zero-order valence-corrected chi connectivity index (χ0v) is 11.7. The SMILES string of the molecule is CNCCCNC(=O)CCC(=O)c1ccc(C)cc1. The number of rotatable bonds is 8. The summed E-state index contributed by atoms with van der Waals surface area (Å²) in [5, 5.41) is 5.81. The standard InChI is InChI=1S/C15H22N2O2/c1-12-4-6-13(7-5-12)14(18)8-9-15(19)17-11-3-10-16-2/h4-7,16H,3,8-11H2,1-2H3,(H,17,19). The van der Waals surface area contributed by atoms with Crippen molar-refractivity contribution in [3.05, 3.63) is 35.4 Å². The summed E-state index contributed by atoms with van der Waals surface area (Å²) in [7, 11) is 1.88. The predicted molar refractivity (Wildman–Crippen MR) is 76.3 cm³/mol. The van der Waals surface area contributed by atoms with Crippen LogP contribution in [0.1, 0.15) is 35.2 Å². The number of hydrogen-bond donors (Lipinski definition) is 2. The molecule has 1 aromatic carbocycles. The summed E-state index contributed by atoms with van der Waals surface area (Å²) in [5.41, 5.74) is 1.80. The molecule has 19 heavy (non-hydrogen) atoms. The lowest BCUT2D eigenvalue weighted by Crippen LogP contribution is -2.26. The predicted octanol–water partition coefficient (Wildman–Crippen LogP) is 1.68. The molecule has 0 saturated heterocycles. The monoisotopic (exact) mass is 262 g/mol. The molecule has 0 spiro atoms. The first-order chi connectivity index (χ1) is 9.13. The molecule has 0 aliphatic heterocycles. The highest BCUT2D eigenvalue weighted by Crippen LogP contribution is 2.07. The van der Waals surface area contributed by atoms with Crippen molar-refractivity contribution in [2.45, 2.75) is 26.2 Å². The second-order valence-electron chi connectivity index (χ2n) is 4.60. The van der Waals surface area contributed by atoms with Gasteiger partial charge in [0.25, 0.3) is 0 Å². The summed E-state index contributed by atoms with van der Waals surface area (Å²) in [6.07, 6.45) is 1.42. The van der Waals surface area contributed by atoms with Crippen LogP contribution in [0, 0.1) is 6.92 Å².